The van der Waals surface area contributed by atoms with E-state index >= 15 is 0 Å². The highest BCUT2D eigenvalue weighted by atomic mass is 32.1. The van der Waals surface area contributed by atoms with Crippen LogP contribution in [0, 0.1) is 0 Å². The Kier molecular flexibility index (Phi) is 1.69. The monoisotopic (exact) mass is 217 g/mol. The van der Waals surface area contributed by atoms with Crippen LogP contribution < -0.4 is 5.73 Å². The summed E-state index contributed by atoms with van der Waals surface area (Å²) < 4.78 is 1.90. The van der Waals surface area contributed by atoms with E-state index in [1.807, 2.05) is 22.1 Å². The third kappa shape index (κ3) is 1.26. The zero-order valence-electron chi connectivity index (χ0n) is 7.66. The first kappa shape index (κ1) is 8.37. The highest BCUT2D eigenvalue weighted by Crippen LogP contribution is 2.19. The van der Waals surface area contributed by atoms with Gasteiger partial charge in [-0.2, -0.15) is 4.98 Å². The van der Waals surface area contributed by atoms with Crippen LogP contribution in [0.3, 0.4) is 0 Å². The van der Waals surface area contributed by atoms with Gasteiger partial charge in [0.2, 0.25) is 5.95 Å². The van der Waals surface area contributed by atoms with E-state index in [0.29, 0.717) is 0 Å². The molecule has 3 heterocycles. The number of nitrogen functional groups attached to an aromatic ring is 1. The highest BCUT2D eigenvalue weighted by Gasteiger charge is 2.07. The number of fused-ring (bicyclic) bond motifs is 1. The number of nitrogens with two attached hydrogens (primary N) is 1. The molecule has 0 aromatic carbocycles. The van der Waals surface area contributed by atoms with Gasteiger partial charge in [0.25, 0.3) is 0 Å². The number of aromatic nitrogens is 4. The molecular formula is C9H7N5S. The maximum Gasteiger partial charge on any atom is 0.222 e. The largest absolute Gasteiger partial charge is 0.368 e. The Bertz CT molecular complexity index is 598. The van der Waals surface area contributed by atoms with E-state index in [4.69, 9.17) is 5.73 Å². The lowest BCUT2D eigenvalue weighted by atomic mass is 10.5. The molecular weight excluding hydrogens is 210 g/mol. The molecule has 0 bridgehead atoms. The molecule has 0 unspecified atom stereocenters. The standard InChI is InChI=1S/C9H7N5S/c10-9-11-4-6-8(13-9)14(5-12-6)7-2-1-3-15-7/h1-5H,(H2,10,11,13). The van der Waals surface area contributed by atoms with Gasteiger partial charge in [0, 0.05) is 0 Å². The lowest BCUT2D eigenvalue weighted by Crippen LogP contribution is -1.97. The van der Waals surface area contributed by atoms with Crippen LogP contribution >= 0.6 is 11.3 Å². The minimum Gasteiger partial charge on any atom is -0.368 e. The van der Waals surface area contributed by atoms with Crippen molar-refractivity contribution in [1.29, 1.82) is 0 Å². The van der Waals surface area contributed by atoms with Crippen LogP contribution in [0.1, 0.15) is 0 Å². The molecule has 0 atom stereocenters. The first-order valence-electron chi connectivity index (χ1n) is 4.34. The second-order valence-electron chi connectivity index (χ2n) is 3.00. The molecule has 5 nitrogen and oxygen atoms in total. The smallest absolute Gasteiger partial charge is 0.222 e. The average Bonchev–Trinajstić information content (AvgIpc) is 2.83. The minimum atomic E-state index is 0.265. The van der Waals surface area contributed by atoms with Gasteiger partial charge in [0.1, 0.15) is 16.8 Å². The normalized spacial score (nSPS) is 10.9. The predicted molar refractivity (Wildman–Crippen MR) is 58.9 cm³/mol. The Morgan fingerprint density at radius 1 is 1.33 bits per heavy atom. The quantitative estimate of drug-likeness (QED) is 0.670. The molecule has 0 fully saturated rings. The third-order valence-electron chi connectivity index (χ3n) is 2.05. The SMILES string of the molecule is Nc1ncc2ncn(-c3cccs3)c2n1. The summed E-state index contributed by atoms with van der Waals surface area (Å²) in [6, 6.07) is 3.99. The number of rotatable bonds is 1. The highest BCUT2D eigenvalue weighted by molar-refractivity contribution is 7.12. The van der Waals surface area contributed by atoms with E-state index in [9.17, 15) is 0 Å². The summed E-state index contributed by atoms with van der Waals surface area (Å²) in [7, 11) is 0. The summed E-state index contributed by atoms with van der Waals surface area (Å²) in [4.78, 5) is 12.3. The van der Waals surface area contributed by atoms with Crippen LogP contribution in [0.25, 0.3) is 16.2 Å². The van der Waals surface area contributed by atoms with Crippen LogP contribution in [0.2, 0.25) is 0 Å². The molecule has 0 aliphatic heterocycles. The summed E-state index contributed by atoms with van der Waals surface area (Å²) in [6.45, 7) is 0. The Labute approximate surface area is 89.2 Å². The lowest BCUT2D eigenvalue weighted by Gasteiger charge is -1.98. The van der Waals surface area contributed by atoms with Crippen molar-refractivity contribution >= 4 is 28.4 Å². The second-order valence-corrected chi connectivity index (χ2v) is 3.93. The molecule has 3 aromatic rings. The number of hydrogen-bond acceptors (Lipinski definition) is 5. The fourth-order valence-corrected chi connectivity index (χ4v) is 2.09. The molecule has 3 aromatic heterocycles. The molecule has 3 rings (SSSR count). The summed E-state index contributed by atoms with van der Waals surface area (Å²) in [5, 5.41) is 3.07. The van der Waals surface area contributed by atoms with Crippen molar-refractivity contribution in [2.45, 2.75) is 0 Å². The summed E-state index contributed by atoms with van der Waals surface area (Å²) >= 11 is 1.62. The summed E-state index contributed by atoms with van der Waals surface area (Å²) in [5.74, 6) is 0.265. The fraction of sp³-hybridized carbons (Fsp3) is 0. The summed E-state index contributed by atoms with van der Waals surface area (Å²) in [6.07, 6.45) is 3.35. The number of thiophene rings is 1. The molecule has 0 saturated heterocycles. The van der Waals surface area contributed by atoms with Crippen molar-refractivity contribution in [2.75, 3.05) is 5.73 Å². The van der Waals surface area contributed by atoms with Gasteiger partial charge in [-0.1, -0.05) is 0 Å². The summed E-state index contributed by atoms with van der Waals surface area (Å²) in [5.41, 5.74) is 7.03. The van der Waals surface area contributed by atoms with Gasteiger partial charge in [-0.15, -0.1) is 11.3 Å². The van der Waals surface area contributed by atoms with Crippen molar-refractivity contribution in [3.05, 3.63) is 30.0 Å². The molecule has 74 valence electrons. The van der Waals surface area contributed by atoms with Crippen molar-refractivity contribution < 1.29 is 0 Å². The van der Waals surface area contributed by atoms with Crippen molar-refractivity contribution in [1.82, 2.24) is 19.5 Å². The molecule has 0 saturated carbocycles. The first-order valence-corrected chi connectivity index (χ1v) is 5.22. The van der Waals surface area contributed by atoms with E-state index in [0.717, 1.165) is 16.2 Å². The van der Waals surface area contributed by atoms with Gasteiger partial charge >= 0.3 is 0 Å². The van der Waals surface area contributed by atoms with Gasteiger partial charge in [0.15, 0.2) is 5.65 Å². The third-order valence-corrected chi connectivity index (χ3v) is 2.92. The molecule has 0 amide bonds. The maximum absolute atomic E-state index is 5.55. The number of anilines is 1. The van der Waals surface area contributed by atoms with E-state index in [2.05, 4.69) is 15.0 Å². The van der Waals surface area contributed by atoms with Crippen LogP contribution in [-0.4, -0.2) is 19.5 Å². The van der Waals surface area contributed by atoms with Crippen molar-refractivity contribution in [3.63, 3.8) is 0 Å². The van der Waals surface area contributed by atoms with Crippen LogP contribution in [0.4, 0.5) is 5.95 Å². The van der Waals surface area contributed by atoms with E-state index in [1.54, 1.807) is 23.9 Å². The number of hydrogen-bond donors (Lipinski definition) is 1. The zero-order chi connectivity index (χ0) is 10.3. The van der Waals surface area contributed by atoms with Crippen molar-refractivity contribution in [3.8, 4) is 5.00 Å². The lowest BCUT2D eigenvalue weighted by molar-refractivity contribution is 1.09. The van der Waals surface area contributed by atoms with E-state index < -0.39 is 0 Å². The van der Waals surface area contributed by atoms with Gasteiger partial charge in [-0.3, -0.25) is 4.57 Å². The minimum absolute atomic E-state index is 0.265. The van der Waals surface area contributed by atoms with Gasteiger partial charge < -0.3 is 5.73 Å². The van der Waals surface area contributed by atoms with Gasteiger partial charge in [-0.25, -0.2) is 9.97 Å². The molecule has 2 N–H and O–H groups in total. The fourth-order valence-electron chi connectivity index (χ4n) is 1.39. The second kappa shape index (κ2) is 3.03. The van der Waals surface area contributed by atoms with Crippen LogP contribution in [0.5, 0.6) is 0 Å². The van der Waals surface area contributed by atoms with Gasteiger partial charge in [-0.05, 0) is 17.5 Å². The molecule has 0 spiro atoms. The molecule has 0 aliphatic carbocycles. The van der Waals surface area contributed by atoms with Gasteiger partial charge in [0.05, 0.1) is 6.20 Å². The molecule has 15 heavy (non-hydrogen) atoms. The molecule has 0 aliphatic rings. The Morgan fingerprint density at radius 3 is 3.07 bits per heavy atom. The molecule has 0 radical (unpaired) electrons. The predicted octanol–water partition coefficient (Wildman–Crippen LogP) is 1.46. The first-order chi connectivity index (χ1) is 7.34. The van der Waals surface area contributed by atoms with E-state index in [1.165, 1.54) is 0 Å². The number of imidazole rings is 1. The maximum atomic E-state index is 5.55. The van der Waals surface area contributed by atoms with Crippen LogP contribution in [-0.2, 0) is 0 Å². The van der Waals surface area contributed by atoms with E-state index in [-0.39, 0.29) is 5.95 Å². The molecule has 6 heteroatoms. The van der Waals surface area contributed by atoms with Crippen molar-refractivity contribution in [2.24, 2.45) is 0 Å². The zero-order valence-corrected chi connectivity index (χ0v) is 8.48. The Balaban J connectivity index is 2.32. The number of nitrogens with zero attached hydrogens (tertiary/aromatic N) is 4. The average molecular weight is 217 g/mol. The van der Waals surface area contributed by atoms with Crippen LogP contribution in [0.15, 0.2) is 30.0 Å². The Hall–Kier alpha value is -1.95. The Morgan fingerprint density at radius 2 is 2.27 bits per heavy atom. The topological polar surface area (TPSA) is 69.6 Å².